The van der Waals surface area contributed by atoms with Crippen molar-refractivity contribution in [1.29, 1.82) is 0 Å². The quantitative estimate of drug-likeness (QED) is 0.835. The second-order valence-electron chi connectivity index (χ2n) is 4.69. The summed E-state index contributed by atoms with van der Waals surface area (Å²) in [5.41, 5.74) is 1.44. The van der Waals surface area contributed by atoms with Gasteiger partial charge in [-0.15, -0.1) is 0 Å². The summed E-state index contributed by atoms with van der Waals surface area (Å²) >= 11 is 0. The van der Waals surface area contributed by atoms with Gasteiger partial charge in [0.05, 0.1) is 31.4 Å². The van der Waals surface area contributed by atoms with Crippen molar-refractivity contribution in [2.75, 3.05) is 33.4 Å². The molecule has 1 aliphatic rings. The van der Waals surface area contributed by atoms with Crippen molar-refractivity contribution in [1.82, 2.24) is 9.88 Å². The maximum Gasteiger partial charge on any atom is 0.255 e. The molecule has 1 amide bonds. The molecule has 0 bridgehead atoms. The number of hydrogen-bond acceptors (Lipinski definition) is 4. The second-order valence-corrected chi connectivity index (χ2v) is 4.69. The van der Waals surface area contributed by atoms with E-state index in [1.54, 1.807) is 18.2 Å². The lowest BCUT2D eigenvalue weighted by Gasteiger charge is -2.26. The molecular weight excluding hydrogens is 256 g/mol. The molecule has 1 aliphatic heterocycles. The molecule has 20 heavy (non-hydrogen) atoms. The highest BCUT2D eigenvalue weighted by atomic mass is 16.5. The standard InChI is InChI=1S/C15H16N2O3/c1-19-13-3-2-11-8-12(10-16-14(11)9-13)15(18)17-4-6-20-7-5-17/h2-3,8-10H,4-7H2,1H3. The van der Waals surface area contributed by atoms with Crippen LogP contribution in [-0.4, -0.2) is 49.2 Å². The zero-order valence-corrected chi connectivity index (χ0v) is 11.3. The summed E-state index contributed by atoms with van der Waals surface area (Å²) in [5, 5.41) is 0.935. The number of hydrogen-bond donors (Lipinski definition) is 0. The van der Waals surface area contributed by atoms with Gasteiger partial charge in [-0.2, -0.15) is 0 Å². The third-order valence-electron chi connectivity index (χ3n) is 3.44. The molecule has 0 unspecified atom stereocenters. The number of ether oxygens (including phenoxy) is 2. The van der Waals surface area contributed by atoms with E-state index in [9.17, 15) is 4.79 Å². The molecule has 5 heteroatoms. The minimum atomic E-state index is 0.0125. The van der Waals surface area contributed by atoms with Gasteiger partial charge in [0.15, 0.2) is 0 Å². The van der Waals surface area contributed by atoms with Crippen LogP contribution in [0.15, 0.2) is 30.5 Å². The molecule has 0 N–H and O–H groups in total. The van der Waals surface area contributed by atoms with Crippen LogP contribution >= 0.6 is 0 Å². The number of rotatable bonds is 2. The lowest BCUT2D eigenvalue weighted by atomic mass is 10.1. The molecule has 0 atom stereocenters. The van der Waals surface area contributed by atoms with Crippen molar-refractivity contribution in [2.45, 2.75) is 0 Å². The maximum absolute atomic E-state index is 12.4. The third-order valence-corrected chi connectivity index (χ3v) is 3.44. The van der Waals surface area contributed by atoms with E-state index in [4.69, 9.17) is 9.47 Å². The van der Waals surface area contributed by atoms with E-state index in [0.29, 0.717) is 31.9 Å². The topological polar surface area (TPSA) is 51.7 Å². The Balaban J connectivity index is 1.90. The molecule has 0 radical (unpaired) electrons. The van der Waals surface area contributed by atoms with Gasteiger partial charge in [-0.05, 0) is 18.2 Å². The second kappa shape index (κ2) is 5.46. The van der Waals surface area contributed by atoms with Gasteiger partial charge >= 0.3 is 0 Å². The van der Waals surface area contributed by atoms with Crippen molar-refractivity contribution < 1.29 is 14.3 Å². The fourth-order valence-corrected chi connectivity index (χ4v) is 2.29. The van der Waals surface area contributed by atoms with E-state index in [2.05, 4.69) is 4.98 Å². The average Bonchev–Trinajstić information content (AvgIpc) is 2.54. The Morgan fingerprint density at radius 2 is 2.10 bits per heavy atom. The summed E-state index contributed by atoms with van der Waals surface area (Å²) in [7, 11) is 1.62. The summed E-state index contributed by atoms with van der Waals surface area (Å²) in [6, 6.07) is 7.52. The number of methoxy groups -OCH3 is 1. The van der Waals surface area contributed by atoms with Crippen LogP contribution in [0.5, 0.6) is 5.75 Å². The summed E-state index contributed by atoms with van der Waals surface area (Å²) < 4.78 is 10.4. The Hall–Kier alpha value is -2.14. The number of amides is 1. The number of carbonyl (C=O) groups excluding carboxylic acids is 1. The van der Waals surface area contributed by atoms with Crippen molar-refractivity contribution in [2.24, 2.45) is 0 Å². The number of fused-ring (bicyclic) bond motifs is 1. The Bertz CT molecular complexity index is 636. The number of carbonyl (C=O) groups is 1. The van der Waals surface area contributed by atoms with Gasteiger partial charge in [0, 0.05) is 30.7 Å². The predicted octanol–water partition coefficient (Wildman–Crippen LogP) is 1.72. The van der Waals surface area contributed by atoms with E-state index in [1.807, 2.05) is 24.3 Å². The molecule has 104 valence electrons. The third kappa shape index (κ3) is 2.44. The van der Waals surface area contributed by atoms with E-state index in [-0.39, 0.29) is 5.91 Å². The van der Waals surface area contributed by atoms with Crippen molar-refractivity contribution >= 4 is 16.8 Å². The van der Waals surface area contributed by atoms with Crippen LogP contribution in [0.4, 0.5) is 0 Å². The first kappa shape index (κ1) is 12.9. The van der Waals surface area contributed by atoms with Gasteiger partial charge in [-0.25, -0.2) is 0 Å². The van der Waals surface area contributed by atoms with Crippen molar-refractivity contribution in [3.05, 3.63) is 36.0 Å². The molecule has 1 aromatic heterocycles. The molecular formula is C15H16N2O3. The number of morpholine rings is 1. The summed E-state index contributed by atoms with van der Waals surface area (Å²) in [6.45, 7) is 2.48. The van der Waals surface area contributed by atoms with E-state index in [0.717, 1.165) is 16.7 Å². The van der Waals surface area contributed by atoms with Gasteiger partial charge in [0.2, 0.25) is 0 Å². The van der Waals surface area contributed by atoms with E-state index >= 15 is 0 Å². The maximum atomic E-state index is 12.4. The zero-order valence-electron chi connectivity index (χ0n) is 11.3. The monoisotopic (exact) mass is 272 g/mol. The molecule has 0 aliphatic carbocycles. The van der Waals surface area contributed by atoms with E-state index in [1.165, 1.54) is 0 Å². The first-order valence-electron chi connectivity index (χ1n) is 6.59. The Labute approximate surface area is 117 Å². The molecule has 0 saturated carbocycles. The summed E-state index contributed by atoms with van der Waals surface area (Å²) in [6.07, 6.45) is 1.62. The first-order chi connectivity index (χ1) is 9.78. The smallest absolute Gasteiger partial charge is 0.255 e. The van der Waals surface area contributed by atoms with Crippen molar-refractivity contribution in [3.63, 3.8) is 0 Å². The summed E-state index contributed by atoms with van der Waals surface area (Å²) in [4.78, 5) is 18.5. The van der Waals surface area contributed by atoms with Gasteiger partial charge in [0.25, 0.3) is 5.91 Å². The van der Waals surface area contributed by atoms with Gasteiger partial charge in [-0.3, -0.25) is 9.78 Å². The van der Waals surface area contributed by atoms with Crippen LogP contribution in [0.25, 0.3) is 10.9 Å². The van der Waals surface area contributed by atoms with Crippen molar-refractivity contribution in [3.8, 4) is 5.75 Å². The molecule has 2 aromatic rings. The highest BCUT2D eigenvalue weighted by Crippen LogP contribution is 2.20. The molecule has 5 nitrogen and oxygen atoms in total. The van der Waals surface area contributed by atoms with Crippen LogP contribution in [0.1, 0.15) is 10.4 Å². The van der Waals surface area contributed by atoms with E-state index < -0.39 is 0 Å². The van der Waals surface area contributed by atoms with Crippen LogP contribution in [0, 0.1) is 0 Å². The van der Waals surface area contributed by atoms with Crippen LogP contribution < -0.4 is 4.74 Å². The number of benzene rings is 1. The lowest BCUT2D eigenvalue weighted by molar-refractivity contribution is 0.0303. The highest BCUT2D eigenvalue weighted by Gasteiger charge is 2.19. The fourth-order valence-electron chi connectivity index (χ4n) is 2.29. The summed E-state index contributed by atoms with van der Waals surface area (Å²) in [5.74, 6) is 0.774. The molecule has 2 heterocycles. The predicted molar refractivity (Wildman–Crippen MR) is 75.0 cm³/mol. The number of nitrogens with zero attached hydrogens (tertiary/aromatic N) is 2. The fraction of sp³-hybridized carbons (Fsp3) is 0.333. The minimum absolute atomic E-state index is 0.0125. The SMILES string of the molecule is COc1ccc2cc(C(=O)N3CCOCC3)cnc2c1. The minimum Gasteiger partial charge on any atom is -0.497 e. The van der Waals surface area contributed by atoms with Gasteiger partial charge in [-0.1, -0.05) is 0 Å². The average molecular weight is 272 g/mol. The molecule has 1 saturated heterocycles. The Morgan fingerprint density at radius 3 is 2.85 bits per heavy atom. The highest BCUT2D eigenvalue weighted by molar-refractivity contribution is 5.97. The van der Waals surface area contributed by atoms with Gasteiger partial charge in [0.1, 0.15) is 5.75 Å². The van der Waals surface area contributed by atoms with Crippen LogP contribution in [0.3, 0.4) is 0 Å². The molecule has 3 rings (SSSR count). The first-order valence-corrected chi connectivity index (χ1v) is 6.59. The molecule has 0 spiro atoms. The number of aromatic nitrogens is 1. The molecule has 1 aromatic carbocycles. The number of pyridine rings is 1. The largest absolute Gasteiger partial charge is 0.497 e. The Kier molecular flexibility index (Phi) is 3.52. The van der Waals surface area contributed by atoms with Crippen LogP contribution in [0.2, 0.25) is 0 Å². The lowest BCUT2D eigenvalue weighted by Crippen LogP contribution is -2.40. The normalized spacial score (nSPS) is 15.3. The van der Waals surface area contributed by atoms with Crippen LogP contribution in [-0.2, 0) is 4.74 Å². The zero-order chi connectivity index (χ0) is 13.9. The van der Waals surface area contributed by atoms with Gasteiger partial charge < -0.3 is 14.4 Å². The molecule has 1 fully saturated rings. The Morgan fingerprint density at radius 1 is 1.30 bits per heavy atom.